The highest BCUT2D eigenvalue weighted by Crippen LogP contribution is 2.45. The van der Waals surface area contributed by atoms with Crippen LogP contribution in [0, 0.1) is 0 Å². The van der Waals surface area contributed by atoms with Crippen molar-refractivity contribution in [2.24, 2.45) is 5.73 Å². The van der Waals surface area contributed by atoms with Gasteiger partial charge in [-0.3, -0.25) is 4.79 Å². The summed E-state index contributed by atoms with van der Waals surface area (Å²) < 4.78 is 0. The lowest BCUT2D eigenvalue weighted by Crippen LogP contribution is -2.34. The zero-order chi connectivity index (χ0) is 15.0. The summed E-state index contributed by atoms with van der Waals surface area (Å²) >= 11 is 0. The van der Waals surface area contributed by atoms with E-state index in [0.29, 0.717) is 6.42 Å². The first-order valence-corrected chi connectivity index (χ1v) is 7.29. The molecule has 1 unspecified atom stereocenters. The Balaban J connectivity index is 0.00000176. The predicted molar refractivity (Wildman–Crippen MR) is 92.0 cm³/mol. The van der Waals surface area contributed by atoms with Crippen molar-refractivity contribution < 1.29 is 4.79 Å². The molecule has 0 saturated heterocycles. The molecule has 4 heteroatoms. The number of halogens is 1. The molecule has 0 heterocycles. The van der Waals surface area contributed by atoms with Crippen LogP contribution in [0.5, 0.6) is 0 Å². The number of rotatable bonds is 3. The topological polar surface area (TPSA) is 46.3 Å². The Bertz CT molecular complexity index is 639. The molecule has 116 valence electrons. The van der Waals surface area contributed by atoms with E-state index in [1.165, 1.54) is 22.3 Å². The molecule has 2 aromatic carbocycles. The van der Waals surface area contributed by atoms with Crippen molar-refractivity contribution in [3.63, 3.8) is 0 Å². The zero-order valence-corrected chi connectivity index (χ0v) is 13.6. The highest BCUT2D eigenvalue weighted by atomic mass is 35.5. The van der Waals surface area contributed by atoms with Gasteiger partial charge in [0.15, 0.2) is 0 Å². The van der Waals surface area contributed by atoms with Gasteiger partial charge in [-0.25, -0.2) is 0 Å². The normalized spacial score (nSPS) is 13.8. The third kappa shape index (κ3) is 2.74. The Morgan fingerprint density at radius 2 is 1.55 bits per heavy atom. The third-order valence-corrected chi connectivity index (χ3v) is 4.08. The molecular formula is C18H21ClN2O. The van der Waals surface area contributed by atoms with Gasteiger partial charge in [-0.2, -0.15) is 0 Å². The van der Waals surface area contributed by atoms with Gasteiger partial charge in [-0.15, -0.1) is 12.4 Å². The van der Waals surface area contributed by atoms with Crippen molar-refractivity contribution >= 4 is 18.3 Å². The second kappa shape index (κ2) is 6.51. The average molecular weight is 317 g/mol. The van der Waals surface area contributed by atoms with Crippen molar-refractivity contribution in [2.75, 3.05) is 7.05 Å². The number of fused-ring (bicyclic) bond motifs is 3. The number of benzene rings is 2. The van der Waals surface area contributed by atoms with Crippen LogP contribution < -0.4 is 5.73 Å². The Labute approximate surface area is 137 Å². The molecule has 2 aromatic rings. The molecular weight excluding hydrogens is 296 g/mol. The average Bonchev–Trinajstić information content (AvgIpc) is 2.80. The molecule has 1 aliphatic carbocycles. The van der Waals surface area contributed by atoms with Crippen LogP contribution in [0.25, 0.3) is 11.1 Å². The maximum Gasteiger partial charge on any atom is 0.224 e. The minimum absolute atomic E-state index is 0. The van der Waals surface area contributed by atoms with Gasteiger partial charge in [0.05, 0.1) is 6.04 Å². The zero-order valence-electron chi connectivity index (χ0n) is 12.8. The molecule has 2 N–H and O–H groups in total. The molecule has 0 spiro atoms. The summed E-state index contributed by atoms with van der Waals surface area (Å²) in [4.78, 5) is 14.2. The van der Waals surface area contributed by atoms with Gasteiger partial charge < -0.3 is 10.6 Å². The maximum atomic E-state index is 12.4. The monoisotopic (exact) mass is 316 g/mol. The van der Waals surface area contributed by atoms with Gasteiger partial charge in [0, 0.05) is 19.5 Å². The fourth-order valence-corrected chi connectivity index (χ4v) is 3.11. The lowest BCUT2D eigenvalue weighted by Gasteiger charge is -2.27. The van der Waals surface area contributed by atoms with Gasteiger partial charge >= 0.3 is 0 Å². The first-order valence-electron chi connectivity index (χ1n) is 7.29. The summed E-state index contributed by atoms with van der Waals surface area (Å²) in [5.74, 6) is 0.0847. The Morgan fingerprint density at radius 1 is 1.09 bits per heavy atom. The molecule has 0 bridgehead atoms. The number of nitrogens with two attached hydrogens (primary N) is 1. The fraction of sp³-hybridized carbons (Fsp3) is 0.278. The number of amides is 1. The molecule has 3 rings (SSSR count). The first kappa shape index (κ1) is 16.5. The number of carbonyl (C=O) groups excluding carboxylic acids is 1. The van der Waals surface area contributed by atoms with Gasteiger partial charge in [0.1, 0.15) is 0 Å². The largest absolute Gasteiger partial charge is 0.335 e. The van der Waals surface area contributed by atoms with E-state index in [4.69, 9.17) is 5.73 Å². The second-order valence-electron chi connectivity index (χ2n) is 5.76. The van der Waals surface area contributed by atoms with E-state index < -0.39 is 0 Å². The maximum absolute atomic E-state index is 12.4. The quantitative estimate of drug-likeness (QED) is 0.943. The molecule has 0 saturated carbocycles. The summed E-state index contributed by atoms with van der Waals surface area (Å²) in [6.45, 7) is 1.86. The van der Waals surface area contributed by atoms with Gasteiger partial charge in [-0.05, 0) is 29.2 Å². The highest BCUT2D eigenvalue weighted by Gasteiger charge is 2.32. The van der Waals surface area contributed by atoms with Crippen LogP contribution >= 0.6 is 12.4 Å². The van der Waals surface area contributed by atoms with Gasteiger partial charge in [0.25, 0.3) is 0 Å². The van der Waals surface area contributed by atoms with Crippen molar-refractivity contribution in [1.82, 2.24) is 4.90 Å². The SMILES string of the molecule is CC(N)CC(=O)N(C)C1c2ccccc2-c2ccccc21.Cl. The van der Waals surface area contributed by atoms with E-state index in [1.54, 1.807) is 0 Å². The smallest absolute Gasteiger partial charge is 0.224 e. The molecule has 3 nitrogen and oxygen atoms in total. The standard InChI is InChI=1S/C18H20N2O.ClH/c1-12(19)11-17(21)20(2)18-15-9-5-3-7-13(15)14-8-4-6-10-16(14)18;/h3-10,12,18H,11,19H2,1-2H3;1H. The van der Waals surface area contributed by atoms with E-state index in [9.17, 15) is 4.79 Å². The first-order chi connectivity index (χ1) is 10.1. The van der Waals surface area contributed by atoms with Crippen molar-refractivity contribution in [1.29, 1.82) is 0 Å². The fourth-order valence-electron chi connectivity index (χ4n) is 3.11. The van der Waals surface area contributed by atoms with Crippen LogP contribution in [0.4, 0.5) is 0 Å². The summed E-state index contributed by atoms with van der Waals surface area (Å²) in [5.41, 5.74) is 10.6. The summed E-state index contributed by atoms with van der Waals surface area (Å²) in [7, 11) is 1.87. The lowest BCUT2D eigenvalue weighted by atomic mass is 10.0. The summed E-state index contributed by atoms with van der Waals surface area (Å²) in [5, 5.41) is 0. The van der Waals surface area contributed by atoms with E-state index in [1.807, 2.05) is 43.1 Å². The molecule has 1 amide bonds. The van der Waals surface area contributed by atoms with Crippen LogP contribution in [0.15, 0.2) is 48.5 Å². The predicted octanol–water partition coefficient (Wildman–Crippen LogP) is 3.37. The van der Waals surface area contributed by atoms with Crippen LogP contribution in [0.3, 0.4) is 0 Å². The van der Waals surface area contributed by atoms with Crippen LogP contribution in [-0.4, -0.2) is 23.9 Å². The highest BCUT2D eigenvalue weighted by molar-refractivity contribution is 5.85. The molecule has 0 radical (unpaired) electrons. The van der Waals surface area contributed by atoms with Gasteiger partial charge in [-0.1, -0.05) is 48.5 Å². The summed E-state index contributed by atoms with van der Waals surface area (Å²) in [6.07, 6.45) is 0.372. The Morgan fingerprint density at radius 3 is 2.00 bits per heavy atom. The number of hydrogen-bond acceptors (Lipinski definition) is 2. The van der Waals surface area contributed by atoms with E-state index >= 15 is 0 Å². The molecule has 1 atom stereocenters. The van der Waals surface area contributed by atoms with Crippen LogP contribution in [0.1, 0.15) is 30.5 Å². The van der Waals surface area contributed by atoms with Crippen molar-refractivity contribution in [3.05, 3.63) is 59.7 Å². The number of carbonyl (C=O) groups is 1. The Hall–Kier alpha value is -1.84. The third-order valence-electron chi connectivity index (χ3n) is 4.08. The molecule has 22 heavy (non-hydrogen) atoms. The van der Waals surface area contributed by atoms with Crippen molar-refractivity contribution in [3.8, 4) is 11.1 Å². The second-order valence-corrected chi connectivity index (χ2v) is 5.76. The van der Waals surface area contributed by atoms with E-state index in [2.05, 4.69) is 24.3 Å². The number of nitrogens with zero attached hydrogens (tertiary/aromatic N) is 1. The van der Waals surface area contributed by atoms with Crippen LogP contribution in [-0.2, 0) is 4.79 Å². The molecule has 0 aromatic heterocycles. The number of hydrogen-bond donors (Lipinski definition) is 1. The van der Waals surface area contributed by atoms with Crippen LogP contribution in [0.2, 0.25) is 0 Å². The van der Waals surface area contributed by atoms with E-state index in [-0.39, 0.29) is 30.4 Å². The summed E-state index contributed by atoms with van der Waals surface area (Å²) in [6, 6.07) is 16.5. The molecule has 0 fully saturated rings. The molecule has 1 aliphatic rings. The Kier molecular flexibility index (Phi) is 4.89. The molecule has 0 aliphatic heterocycles. The van der Waals surface area contributed by atoms with E-state index in [0.717, 1.165) is 0 Å². The van der Waals surface area contributed by atoms with Gasteiger partial charge in [0.2, 0.25) is 5.91 Å². The minimum Gasteiger partial charge on any atom is -0.335 e. The lowest BCUT2D eigenvalue weighted by molar-refractivity contribution is -0.131. The van der Waals surface area contributed by atoms with Crippen molar-refractivity contribution in [2.45, 2.75) is 25.4 Å². The minimum atomic E-state index is -0.119.